The van der Waals surface area contributed by atoms with Gasteiger partial charge in [-0.3, -0.25) is 4.79 Å². The number of halogens is 1. The number of aliphatic hydroxyl groups excluding tert-OH is 1. The molecule has 0 saturated carbocycles. The van der Waals surface area contributed by atoms with Crippen LogP contribution in [0.25, 0.3) is 10.8 Å². The highest BCUT2D eigenvalue weighted by Gasteiger charge is 2.13. The molecule has 0 heterocycles. The molecular formula is C19H16BrNO2. The molecule has 0 spiro atoms. The molecule has 0 radical (unpaired) electrons. The Morgan fingerprint density at radius 2 is 1.78 bits per heavy atom. The van der Waals surface area contributed by atoms with Crippen molar-refractivity contribution in [2.24, 2.45) is 0 Å². The number of hydrogen-bond acceptors (Lipinski definition) is 2. The summed E-state index contributed by atoms with van der Waals surface area (Å²) in [5.74, 6) is -0.203. The molecule has 2 N–H and O–H groups in total. The maximum atomic E-state index is 12.2. The summed E-state index contributed by atoms with van der Waals surface area (Å²) in [5, 5.41) is 15.3. The van der Waals surface area contributed by atoms with E-state index in [2.05, 4.69) is 21.2 Å². The molecule has 0 aliphatic heterocycles. The highest BCUT2D eigenvalue weighted by Crippen LogP contribution is 2.24. The molecule has 4 heteroatoms. The minimum absolute atomic E-state index is 0.166. The lowest BCUT2D eigenvalue weighted by Gasteiger charge is -2.15. The van der Waals surface area contributed by atoms with Crippen molar-refractivity contribution < 1.29 is 9.90 Å². The maximum Gasteiger partial charge on any atom is 0.251 e. The van der Waals surface area contributed by atoms with Crippen LogP contribution < -0.4 is 5.32 Å². The molecule has 0 aromatic heterocycles. The van der Waals surface area contributed by atoms with E-state index in [0.717, 1.165) is 20.8 Å². The van der Waals surface area contributed by atoms with Crippen molar-refractivity contribution in [3.63, 3.8) is 0 Å². The van der Waals surface area contributed by atoms with E-state index >= 15 is 0 Å². The first-order chi connectivity index (χ1) is 11.1. The van der Waals surface area contributed by atoms with Gasteiger partial charge < -0.3 is 10.4 Å². The minimum atomic E-state index is -0.753. The van der Waals surface area contributed by atoms with Gasteiger partial charge in [-0.05, 0) is 34.5 Å². The van der Waals surface area contributed by atoms with Gasteiger partial charge in [0.05, 0.1) is 6.10 Å². The van der Waals surface area contributed by atoms with E-state index in [0.29, 0.717) is 5.56 Å². The molecule has 1 atom stereocenters. The average molecular weight is 370 g/mol. The van der Waals surface area contributed by atoms with Gasteiger partial charge in [-0.2, -0.15) is 0 Å². The molecule has 0 fully saturated rings. The van der Waals surface area contributed by atoms with Gasteiger partial charge in [0.2, 0.25) is 0 Å². The monoisotopic (exact) mass is 369 g/mol. The van der Waals surface area contributed by atoms with Crippen LogP contribution in [-0.4, -0.2) is 17.6 Å². The zero-order valence-corrected chi connectivity index (χ0v) is 14.0. The summed E-state index contributed by atoms with van der Waals surface area (Å²) in [6, 6.07) is 20.9. The summed E-state index contributed by atoms with van der Waals surface area (Å²) in [5.41, 5.74) is 1.38. The molecule has 3 nitrogen and oxygen atoms in total. The van der Waals surface area contributed by atoms with Crippen LogP contribution in [0.1, 0.15) is 22.0 Å². The van der Waals surface area contributed by atoms with Crippen molar-refractivity contribution in [2.75, 3.05) is 6.54 Å². The van der Waals surface area contributed by atoms with Gasteiger partial charge >= 0.3 is 0 Å². The van der Waals surface area contributed by atoms with E-state index in [9.17, 15) is 9.90 Å². The second-order valence-electron chi connectivity index (χ2n) is 5.30. The first-order valence-corrected chi connectivity index (χ1v) is 8.14. The summed E-state index contributed by atoms with van der Waals surface area (Å²) in [7, 11) is 0. The van der Waals surface area contributed by atoms with Crippen LogP contribution in [0, 0.1) is 0 Å². The van der Waals surface area contributed by atoms with Crippen LogP contribution in [0.2, 0.25) is 0 Å². The summed E-state index contributed by atoms with van der Waals surface area (Å²) in [6.45, 7) is 0.166. The Bertz CT molecular complexity index is 842. The van der Waals surface area contributed by atoms with Gasteiger partial charge in [-0.15, -0.1) is 0 Å². The van der Waals surface area contributed by atoms with Crippen molar-refractivity contribution in [1.29, 1.82) is 0 Å². The van der Waals surface area contributed by atoms with Gasteiger partial charge in [0.25, 0.3) is 5.91 Å². The molecule has 3 aromatic carbocycles. The third-order valence-electron chi connectivity index (χ3n) is 3.73. The summed E-state index contributed by atoms with van der Waals surface area (Å²) < 4.78 is 0.847. The number of carbonyl (C=O) groups is 1. The molecule has 0 aliphatic carbocycles. The molecule has 3 rings (SSSR count). The number of nitrogens with one attached hydrogen (secondary N) is 1. The second kappa shape index (κ2) is 6.94. The van der Waals surface area contributed by atoms with Crippen LogP contribution in [-0.2, 0) is 0 Å². The lowest BCUT2D eigenvalue weighted by molar-refractivity contribution is 0.0917. The Labute approximate surface area is 143 Å². The fourth-order valence-corrected chi connectivity index (χ4v) is 2.97. The summed E-state index contributed by atoms with van der Waals surface area (Å²) >= 11 is 3.34. The molecule has 116 valence electrons. The zero-order chi connectivity index (χ0) is 16.2. The second-order valence-corrected chi connectivity index (χ2v) is 6.22. The number of rotatable bonds is 4. The van der Waals surface area contributed by atoms with Crippen LogP contribution in [0.5, 0.6) is 0 Å². The van der Waals surface area contributed by atoms with E-state index in [4.69, 9.17) is 0 Å². The summed E-state index contributed by atoms with van der Waals surface area (Å²) in [4.78, 5) is 12.2. The Balaban J connectivity index is 1.74. The average Bonchev–Trinajstić information content (AvgIpc) is 2.59. The third kappa shape index (κ3) is 3.60. The Kier molecular flexibility index (Phi) is 4.74. The number of hydrogen-bond donors (Lipinski definition) is 2. The molecule has 0 bridgehead atoms. The Morgan fingerprint density at radius 3 is 2.61 bits per heavy atom. The third-order valence-corrected chi connectivity index (χ3v) is 4.22. The van der Waals surface area contributed by atoms with Gasteiger partial charge in [0.15, 0.2) is 0 Å². The molecular weight excluding hydrogens is 354 g/mol. The molecule has 1 amide bonds. The van der Waals surface area contributed by atoms with Crippen LogP contribution >= 0.6 is 15.9 Å². The Hall–Kier alpha value is -2.17. The molecule has 23 heavy (non-hydrogen) atoms. The van der Waals surface area contributed by atoms with Crippen LogP contribution in [0.4, 0.5) is 0 Å². The van der Waals surface area contributed by atoms with Crippen molar-refractivity contribution in [3.8, 4) is 0 Å². The molecule has 1 unspecified atom stereocenters. The van der Waals surface area contributed by atoms with Crippen LogP contribution in [0.15, 0.2) is 71.2 Å². The lowest BCUT2D eigenvalue weighted by atomic mass is 10.0. The van der Waals surface area contributed by atoms with Crippen molar-refractivity contribution in [3.05, 3.63) is 82.3 Å². The molecule has 3 aromatic rings. The quantitative estimate of drug-likeness (QED) is 0.728. The fraction of sp³-hybridized carbons (Fsp3) is 0.105. The van der Waals surface area contributed by atoms with Crippen LogP contribution in [0.3, 0.4) is 0 Å². The van der Waals surface area contributed by atoms with E-state index in [1.54, 1.807) is 18.2 Å². The van der Waals surface area contributed by atoms with Crippen molar-refractivity contribution in [1.82, 2.24) is 5.32 Å². The minimum Gasteiger partial charge on any atom is -0.387 e. The lowest BCUT2D eigenvalue weighted by Crippen LogP contribution is -2.28. The first kappa shape index (κ1) is 15.7. The number of carbonyl (C=O) groups excluding carboxylic acids is 1. The van der Waals surface area contributed by atoms with Gasteiger partial charge in [-0.25, -0.2) is 0 Å². The van der Waals surface area contributed by atoms with Gasteiger partial charge in [0.1, 0.15) is 0 Å². The van der Waals surface area contributed by atoms with Gasteiger partial charge in [-0.1, -0.05) is 64.5 Å². The summed E-state index contributed by atoms with van der Waals surface area (Å²) in [6.07, 6.45) is -0.753. The fourth-order valence-electron chi connectivity index (χ4n) is 2.57. The topological polar surface area (TPSA) is 49.3 Å². The van der Waals surface area contributed by atoms with E-state index in [1.807, 2.05) is 48.5 Å². The van der Waals surface area contributed by atoms with E-state index in [1.165, 1.54) is 0 Å². The van der Waals surface area contributed by atoms with Crippen molar-refractivity contribution in [2.45, 2.75) is 6.10 Å². The number of fused-ring (bicyclic) bond motifs is 1. The molecule has 0 aliphatic rings. The Morgan fingerprint density at radius 1 is 1.04 bits per heavy atom. The number of amides is 1. The number of aliphatic hydroxyl groups is 1. The first-order valence-electron chi connectivity index (χ1n) is 7.34. The smallest absolute Gasteiger partial charge is 0.251 e. The highest BCUT2D eigenvalue weighted by molar-refractivity contribution is 9.10. The van der Waals surface area contributed by atoms with E-state index in [-0.39, 0.29) is 12.5 Å². The normalized spacial score (nSPS) is 12.1. The number of benzene rings is 3. The largest absolute Gasteiger partial charge is 0.387 e. The van der Waals surface area contributed by atoms with Gasteiger partial charge in [0, 0.05) is 16.6 Å². The predicted octanol–water partition coefficient (Wildman–Crippen LogP) is 4.07. The van der Waals surface area contributed by atoms with E-state index < -0.39 is 6.10 Å². The highest BCUT2D eigenvalue weighted by atomic mass is 79.9. The maximum absolute atomic E-state index is 12.2. The predicted molar refractivity (Wildman–Crippen MR) is 95.4 cm³/mol. The SMILES string of the molecule is O=C(NCC(O)c1cccc2ccccc12)c1cccc(Br)c1. The zero-order valence-electron chi connectivity index (χ0n) is 12.4. The standard InChI is InChI=1S/C19H16BrNO2/c20-15-8-3-7-14(11-15)19(23)21-12-18(22)17-10-4-6-13-5-1-2-9-16(13)17/h1-11,18,22H,12H2,(H,21,23). The molecule has 0 saturated heterocycles. The van der Waals surface area contributed by atoms with Crippen molar-refractivity contribution >= 4 is 32.6 Å².